The third kappa shape index (κ3) is 3.44. The minimum Gasteiger partial charge on any atom is -0.378 e. The minimum absolute atomic E-state index is 0.264. The maximum atomic E-state index is 14.7. The van der Waals surface area contributed by atoms with Crippen LogP contribution in [-0.4, -0.2) is 29.1 Å². The number of aliphatic hydroxyl groups excluding tert-OH is 1. The molecule has 5 heteroatoms. The lowest BCUT2D eigenvalue weighted by molar-refractivity contribution is 0.00695. The zero-order valence-corrected chi connectivity index (χ0v) is 15.4. The van der Waals surface area contributed by atoms with E-state index in [9.17, 15) is 9.50 Å². The molecule has 0 bridgehead atoms. The molecule has 0 spiro atoms. The van der Waals surface area contributed by atoms with Crippen LogP contribution in [0.25, 0.3) is 11.1 Å². The molecule has 3 aromatic rings. The Hall–Kier alpha value is -2.76. The summed E-state index contributed by atoms with van der Waals surface area (Å²) < 4.78 is 14.7. The van der Waals surface area contributed by atoms with Gasteiger partial charge in [0.25, 0.3) is 0 Å². The molecule has 1 unspecified atom stereocenters. The van der Waals surface area contributed by atoms with Crippen molar-refractivity contribution in [3.63, 3.8) is 0 Å². The van der Waals surface area contributed by atoms with Crippen LogP contribution in [0.1, 0.15) is 23.0 Å². The molecule has 0 saturated heterocycles. The molecule has 2 aromatic carbocycles. The summed E-state index contributed by atoms with van der Waals surface area (Å²) in [7, 11) is 3.98. The Morgan fingerprint density at radius 3 is 2.52 bits per heavy atom. The predicted octanol–water partition coefficient (Wildman–Crippen LogP) is 3.96. The summed E-state index contributed by atoms with van der Waals surface area (Å²) >= 11 is 0. The largest absolute Gasteiger partial charge is 0.378 e. The number of pyridine rings is 1. The number of nitrogens with zero attached hydrogens (tertiary/aromatic N) is 3. The molecular formula is C22H22FN3O. The van der Waals surface area contributed by atoms with E-state index in [0.29, 0.717) is 18.7 Å². The Bertz CT molecular complexity index is 956. The molecule has 1 aliphatic rings. The fraction of sp³-hybridized carbons (Fsp3) is 0.227. The summed E-state index contributed by atoms with van der Waals surface area (Å²) in [6.45, 7) is 0.855. The van der Waals surface area contributed by atoms with Gasteiger partial charge in [-0.25, -0.2) is 4.39 Å². The van der Waals surface area contributed by atoms with Crippen LogP contribution < -0.4 is 4.90 Å². The van der Waals surface area contributed by atoms with Gasteiger partial charge in [-0.3, -0.25) is 9.88 Å². The first-order valence-electron chi connectivity index (χ1n) is 8.95. The molecule has 1 atom stereocenters. The van der Waals surface area contributed by atoms with E-state index in [1.54, 1.807) is 18.3 Å². The van der Waals surface area contributed by atoms with Crippen LogP contribution in [0.4, 0.5) is 10.1 Å². The summed E-state index contributed by atoms with van der Waals surface area (Å²) in [5.74, 6) is -0.264. The third-order valence-electron chi connectivity index (χ3n) is 5.05. The first kappa shape index (κ1) is 17.6. The lowest BCUT2D eigenvalue weighted by Crippen LogP contribution is -2.22. The number of aliphatic hydroxyl groups is 1. The molecule has 1 N–H and O–H groups in total. The Labute approximate surface area is 158 Å². The Morgan fingerprint density at radius 1 is 1.11 bits per heavy atom. The molecule has 0 radical (unpaired) electrons. The topological polar surface area (TPSA) is 39.6 Å². The maximum Gasteiger partial charge on any atom is 0.136 e. The number of fused-ring (bicyclic) bond motifs is 1. The number of benzene rings is 2. The van der Waals surface area contributed by atoms with Crippen molar-refractivity contribution in [2.24, 2.45) is 0 Å². The van der Waals surface area contributed by atoms with Crippen LogP contribution in [0.2, 0.25) is 0 Å². The van der Waals surface area contributed by atoms with E-state index in [2.05, 4.69) is 4.98 Å². The third-order valence-corrected chi connectivity index (χ3v) is 5.05. The lowest BCUT2D eigenvalue weighted by Gasteiger charge is -2.20. The molecular weight excluding hydrogens is 341 g/mol. The normalized spacial score (nSPS) is 16.4. The van der Waals surface area contributed by atoms with Crippen LogP contribution in [0.3, 0.4) is 0 Å². The van der Waals surface area contributed by atoms with Crippen LogP contribution in [-0.2, 0) is 13.1 Å². The zero-order valence-electron chi connectivity index (χ0n) is 15.4. The Morgan fingerprint density at radius 2 is 1.85 bits per heavy atom. The van der Waals surface area contributed by atoms with Gasteiger partial charge in [-0.2, -0.15) is 0 Å². The highest BCUT2D eigenvalue weighted by Gasteiger charge is 2.29. The number of rotatable bonds is 4. The highest BCUT2D eigenvalue weighted by Crippen LogP contribution is 2.32. The van der Waals surface area contributed by atoms with Crippen molar-refractivity contribution < 1.29 is 9.50 Å². The van der Waals surface area contributed by atoms with E-state index in [4.69, 9.17) is 0 Å². The summed E-state index contributed by atoms with van der Waals surface area (Å²) in [5.41, 5.74) is 5.14. The van der Waals surface area contributed by atoms with Gasteiger partial charge in [0.05, 0.1) is 5.69 Å². The van der Waals surface area contributed by atoms with E-state index < -0.39 is 6.23 Å². The molecule has 2 heterocycles. The smallest absolute Gasteiger partial charge is 0.136 e. The predicted molar refractivity (Wildman–Crippen MR) is 105 cm³/mol. The summed E-state index contributed by atoms with van der Waals surface area (Å²) in [6, 6.07) is 17.0. The first-order valence-corrected chi connectivity index (χ1v) is 8.95. The maximum absolute atomic E-state index is 14.7. The van der Waals surface area contributed by atoms with Gasteiger partial charge in [0, 0.05) is 50.2 Å². The van der Waals surface area contributed by atoms with Crippen molar-refractivity contribution >= 4 is 5.69 Å². The SMILES string of the molecule is CN(C)c1ccc(-c2ccc(CN3Cc4ncccc4C3O)c(F)c2)cc1. The van der Waals surface area contributed by atoms with Gasteiger partial charge >= 0.3 is 0 Å². The fourth-order valence-electron chi connectivity index (χ4n) is 3.46. The molecule has 0 amide bonds. The highest BCUT2D eigenvalue weighted by molar-refractivity contribution is 5.66. The molecule has 27 heavy (non-hydrogen) atoms. The van der Waals surface area contributed by atoms with Crippen molar-refractivity contribution in [2.45, 2.75) is 19.3 Å². The Balaban J connectivity index is 1.53. The van der Waals surface area contributed by atoms with Gasteiger partial charge in [-0.15, -0.1) is 0 Å². The van der Waals surface area contributed by atoms with Gasteiger partial charge < -0.3 is 10.0 Å². The van der Waals surface area contributed by atoms with Gasteiger partial charge in [-0.1, -0.05) is 30.3 Å². The molecule has 4 rings (SSSR count). The van der Waals surface area contributed by atoms with Gasteiger partial charge in [-0.05, 0) is 35.4 Å². The molecule has 4 nitrogen and oxygen atoms in total. The van der Waals surface area contributed by atoms with Crippen LogP contribution in [0.15, 0.2) is 60.8 Å². The van der Waals surface area contributed by atoms with Gasteiger partial charge in [0.15, 0.2) is 0 Å². The second-order valence-electron chi connectivity index (χ2n) is 7.07. The first-order chi connectivity index (χ1) is 13.0. The monoisotopic (exact) mass is 363 g/mol. The summed E-state index contributed by atoms with van der Waals surface area (Å²) in [5, 5.41) is 10.5. The fourth-order valence-corrected chi connectivity index (χ4v) is 3.46. The molecule has 0 aliphatic carbocycles. The number of hydrogen-bond acceptors (Lipinski definition) is 4. The van der Waals surface area contributed by atoms with Crippen molar-refractivity contribution in [1.29, 1.82) is 0 Å². The minimum atomic E-state index is -0.744. The second-order valence-corrected chi connectivity index (χ2v) is 7.07. The van der Waals surface area contributed by atoms with E-state index >= 15 is 0 Å². The quantitative estimate of drug-likeness (QED) is 0.762. The number of halogens is 1. The average Bonchev–Trinajstić information content (AvgIpc) is 2.99. The van der Waals surface area contributed by atoms with Crippen molar-refractivity contribution in [1.82, 2.24) is 9.88 Å². The number of aromatic nitrogens is 1. The molecule has 138 valence electrons. The van der Waals surface area contributed by atoms with Crippen LogP contribution in [0, 0.1) is 5.82 Å². The van der Waals surface area contributed by atoms with Crippen molar-refractivity contribution in [3.05, 3.63) is 83.4 Å². The van der Waals surface area contributed by atoms with Crippen molar-refractivity contribution in [3.8, 4) is 11.1 Å². The van der Waals surface area contributed by atoms with Crippen molar-refractivity contribution in [2.75, 3.05) is 19.0 Å². The van der Waals surface area contributed by atoms with Crippen LogP contribution in [0.5, 0.6) is 0 Å². The molecule has 1 aromatic heterocycles. The standard InChI is InChI=1S/C22H22FN3O/c1-25(2)18-9-7-15(8-10-18)16-5-6-17(20(23)12-16)13-26-14-21-19(22(26)27)4-3-11-24-21/h3-12,22,27H,13-14H2,1-2H3. The molecule has 1 aliphatic heterocycles. The van der Waals surface area contributed by atoms with Gasteiger partial charge in [0.1, 0.15) is 12.0 Å². The average molecular weight is 363 g/mol. The number of anilines is 1. The van der Waals surface area contributed by atoms with Crippen LogP contribution >= 0.6 is 0 Å². The highest BCUT2D eigenvalue weighted by atomic mass is 19.1. The van der Waals surface area contributed by atoms with E-state index in [-0.39, 0.29) is 5.82 Å². The lowest BCUT2D eigenvalue weighted by atomic mass is 10.0. The second kappa shape index (κ2) is 7.10. The Kier molecular flexibility index (Phi) is 4.64. The van der Waals surface area contributed by atoms with E-state index in [0.717, 1.165) is 28.1 Å². The summed E-state index contributed by atoms with van der Waals surface area (Å²) in [6.07, 6.45) is 0.970. The summed E-state index contributed by atoms with van der Waals surface area (Å²) in [4.78, 5) is 8.15. The van der Waals surface area contributed by atoms with E-state index in [1.807, 2.05) is 66.4 Å². The van der Waals surface area contributed by atoms with Gasteiger partial charge in [0.2, 0.25) is 0 Å². The molecule has 0 saturated carbocycles. The zero-order chi connectivity index (χ0) is 19.0. The number of hydrogen-bond donors (Lipinski definition) is 1. The van der Waals surface area contributed by atoms with E-state index in [1.165, 1.54) is 0 Å². The molecule has 0 fully saturated rings.